The Morgan fingerprint density at radius 3 is 2.52 bits per heavy atom. The molecular formula is C32H44N8O3S. The Labute approximate surface area is 264 Å². The Kier molecular flexibility index (Phi) is 12.3. The number of benzene rings is 1. The van der Waals surface area contributed by atoms with E-state index in [2.05, 4.69) is 15.6 Å². The number of thioether (sulfide) groups is 1. The van der Waals surface area contributed by atoms with Crippen molar-refractivity contribution in [3.63, 3.8) is 0 Å². The molecule has 236 valence electrons. The summed E-state index contributed by atoms with van der Waals surface area (Å²) in [6, 6.07) is 12.5. The fourth-order valence-corrected chi connectivity index (χ4v) is 5.68. The number of likely N-dealkylation sites (N-methyl/N-ethyl adjacent to an activating group) is 1. The molecule has 0 radical (unpaired) electrons. The van der Waals surface area contributed by atoms with Crippen LogP contribution in [0.3, 0.4) is 0 Å². The predicted molar refractivity (Wildman–Crippen MR) is 172 cm³/mol. The molecule has 2 N–H and O–H groups in total. The van der Waals surface area contributed by atoms with E-state index in [-0.39, 0.29) is 36.6 Å². The van der Waals surface area contributed by atoms with Crippen molar-refractivity contribution in [2.45, 2.75) is 58.3 Å². The van der Waals surface area contributed by atoms with E-state index in [1.807, 2.05) is 84.1 Å². The first-order valence-corrected chi connectivity index (χ1v) is 16.6. The first-order chi connectivity index (χ1) is 21.2. The van der Waals surface area contributed by atoms with Crippen LogP contribution < -0.4 is 10.6 Å². The van der Waals surface area contributed by atoms with Crippen molar-refractivity contribution < 1.29 is 14.4 Å². The summed E-state index contributed by atoms with van der Waals surface area (Å²) >= 11 is 1.63. The molecule has 0 aliphatic carbocycles. The van der Waals surface area contributed by atoms with Gasteiger partial charge in [-0.3, -0.25) is 24.3 Å². The topological polar surface area (TPSA) is 125 Å². The summed E-state index contributed by atoms with van der Waals surface area (Å²) in [6.45, 7) is 6.11. The smallest absolute Gasteiger partial charge is 0.243 e. The van der Waals surface area contributed by atoms with E-state index >= 15 is 0 Å². The van der Waals surface area contributed by atoms with Gasteiger partial charge >= 0.3 is 0 Å². The Hall–Kier alpha value is -3.77. The van der Waals surface area contributed by atoms with Crippen LogP contribution in [0.25, 0.3) is 11.4 Å². The minimum atomic E-state index is -0.663. The molecule has 12 heteroatoms. The second-order valence-corrected chi connectivity index (χ2v) is 12.5. The van der Waals surface area contributed by atoms with Gasteiger partial charge in [-0.2, -0.15) is 16.9 Å². The largest absolute Gasteiger partial charge is 0.344 e. The third-order valence-electron chi connectivity index (χ3n) is 7.61. The number of carbonyl (C=O) groups is 3. The molecule has 11 nitrogen and oxygen atoms in total. The van der Waals surface area contributed by atoms with E-state index < -0.39 is 12.1 Å². The highest BCUT2D eigenvalue weighted by molar-refractivity contribution is 7.98. The second kappa shape index (κ2) is 16.3. The van der Waals surface area contributed by atoms with Gasteiger partial charge in [0, 0.05) is 44.0 Å². The Morgan fingerprint density at radius 1 is 1.07 bits per heavy atom. The number of amides is 3. The van der Waals surface area contributed by atoms with Crippen LogP contribution in [0.5, 0.6) is 0 Å². The van der Waals surface area contributed by atoms with Crippen LogP contribution in [0.1, 0.15) is 50.5 Å². The van der Waals surface area contributed by atoms with Gasteiger partial charge in [-0.25, -0.2) is 9.67 Å². The van der Waals surface area contributed by atoms with Crippen LogP contribution in [0, 0.1) is 5.92 Å². The van der Waals surface area contributed by atoms with Gasteiger partial charge in [-0.05, 0) is 55.5 Å². The highest BCUT2D eigenvalue weighted by Crippen LogP contribution is 2.25. The van der Waals surface area contributed by atoms with Crippen LogP contribution in [0.4, 0.5) is 0 Å². The SMILES string of the molecule is CSCC[C@@H]1NC(=O)CCCN(C(=O)CN(C)Cc2ccncc2)CCn2nc(-c3ccccc3)nc2[C@@H](C(C)C)NC1=O. The molecule has 3 aromatic rings. The lowest BCUT2D eigenvalue weighted by Crippen LogP contribution is -2.49. The molecule has 0 saturated carbocycles. The summed E-state index contributed by atoms with van der Waals surface area (Å²) in [5.74, 6) is 1.47. The molecule has 0 fully saturated rings. The zero-order valence-electron chi connectivity index (χ0n) is 26.1. The molecule has 0 bridgehead atoms. The second-order valence-electron chi connectivity index (χ2n) is 11.5. The maximum absolute atomic E-state index is 13.6. The molecule has 3 amide bonds. The zero-order valence-corrected chi connectivity index (χ0v) is 26.9. The van der Waals surface area contributed by atoms with E-state index in [9.17, 15) is 14.4 Å². The lowest BCUT2D eigenvalue weighted by molar-refractivity contribution is -0.133. The number of carbonyl (C=O) groups excluding carboxylic acids is 3. The monoisotopic (exact) mass is 620 g/mol. The summed E-state index contributed by atoms with van der Waals surface area (Å²) in [6.07, 6.45) is 6.69. The maximum atomic E-state index is 13.6. The van der Waals surface area contributed by atoms with E-state index in [0.717, 1.165) is 16.9 Å². The predicted octanol–water partition coefficient (Wildman–Crippen LogP) is 3.15. The average molecular weight is 621 g/mol. The number of nitrogens with zero attached hydrogens (tertiary/aromatic N) is 6. The van der Waals surface area contributed by atoms with E-state index in [4.69, 9.17) is 10.1 Å². The summed E-state index contributed by atoms with van der Waals surface area (Å²) in [5, 5.41) is 11.0. The molecule has 4 rings (SSSR count). The molecule has 0 saturated heterocycles. The number of pyridine rings is 1. The fourth-order valence-electron chi connectivity index (χ4n) is 5.21. The van der Waals surface area contributed by atoms with Crippen molar-refractivity contribution in [1.82, 2.24) is 40.2 Å². The van der Waals surface area contributed by atoms with Gasteiger partial charge in [0.15, 0.2) is 11.6 Å². The molecule has 2 aromatic heterocycles. The third-order valence-corrected chi connectivity index (χ3v) is 8.25. The van der Waals surface area contributed by atoms with Crippen LogP contribution in [-0.2, 0) is 27.5 Å². The Morgan fingerprint density at radius 2 is 1.82 bits per heavy atom. The normalized spacial score (nSPS) is 18.5. The molecule has 1 aliphatic rings. The van der Waals surface area contributed by atoms with Crippen LogP contribution in [0.2, 0.25) is 0 Å². The van der Waals surface area contributed by atoms with Crippen molar-refractivity contribution >= 4 is 29.5 Å². The molecule has 0 unspecified atom stereocenters. The van der Waals surface area contributed by atoms with Gasteiger partial charge in [-0.1, -0.05) is 44.2 Å². The van der Waals surface area contributed by atoms with Crippen molar-refractivity contribution in [3.05, 3.63) is 66.2 Å². The number of rotatable bonds is 9. The quantitative estimate of drug-likeness (QED) is 0.374. The first-order valence-electron chi connectivity index (χ1n) is 15.2. The summed E-state index contributed by atoms with van der Waals surface area (Å²) in [7, 11) is 1.92. The molecular weight excluding hydrogens is 576 g/mol. The zero-order chi connectivity index (χ0) is 31.5. The fraction of sp³-hybridized carbons (Fsp3) is 0.500. The van der Waals surface area contributed by atoms with E-state index in [0.29, 0.717) is 50.7 Å². The molecule has 0 spiro atoms. The van der Waals surface area contributed by atoms with Crippen LogP contribution >= 0.6 is 11.8 Å². The number of fused-ring (bicyclic) bond motifs is 1. The Bertz CT molecular complexity index is 1370. The summed E-state index contributed by atoms with van der Waals surface area (Å²) in [4.78, 5) is 52.9. The summed E-state index contributed by atoms with van der Waals surface area (Å²) < 4.78 is 1.83. The van der Waals surface area contributed by atoms with E-state index in [1.165, 1.54) is 0 Å². The first kappa shape index (κ1) is 33.1. The molecule has 1 aliphatic heterocycles. The van der Waals surface area contributed by atoms with Crippen molar-refractivity contribution in [2.75, 3.05) is 38.7 Å². The minimum Gasteiger partial charge on any atom is -0.344 e. The highest BCUT2D eigenvalue weighted by atomic mass is 32.2. The van der Waals surface area contributed by atoms with Crippen molar-refractivity contribution in [2.24, 2.45) is 5.92 Å². The number of hydrogen-bond donors (Lipinski definition) is 2. The lowest BCUT2D eigenvalue weighted by Gasteiger charge is -2.28. The molecule has 3 heterocycles. The maximum Gasteiger partial charge on any atom is 0.243 e. The van der Waals surface area contributed by atoms with Gasteiger partial charge < -0.3 is 15.5 Å². The number of nitrogens with one attached hydrogen (secondary N) is 2. The van der Waals surface area contributed by atoms with E-state index in [1.54, 1.807) is 24.2 Å². The highest BCUT2D eigenvalue weighted by Gasteiger charge is 2.30. The van der Waals surface area contributed by atoms with Crippen molar-refractivity contribution in [1.29, 1.82) is 0 Å². The van der Waals surface area contributed by atoms with Gasteiger partial charge in [0.2, 0.25) is 17.7 Å². The lowest BCUT2D eigenvalue weighted by atomic mass is 10.0. The van der Waals surface area contributed by atoms with Gasteiger partial charge in [0.25, 0.3) is 0 Å². The standard InChI is InChI=1S/C32H44N8O3S/c1-23(2)29-31-36-30(25-9-6-5-7-10-25)37-40(31)19-18-39(28(42)22-38(3)21-24-12-15-33-16-13-24)17-8-11-27(41)34-26(14-20-44-4)32(43)35-29/h5-7,9-10,12-13,15-16,23,26,29H,8,11,14,17-22H2,1-4H3,(H,34,41)(H,35,43)/t26-,29+/m0/s1. The molecule has 44 heavy (non-hydrogen) atoms. The van der Waals surface area contributed by atoms with Gasteiger partial charge in [-0.15, -0.1) is 0 Å². The van der Waals surface area contributed by atoms with Crippen LogP contribution in [0.15, 0.2) is 54.9 Å². The summed E-state index contributed by atoms with van der Waals surface area (Å²) in [5.41, 5.74) is 1.95. The van der Waals surface area contributed by atoms with Gasteiger partial charge in [0.1, 0.15) is 6.04 Å². The van der Waals surface area contributed by atoms with Crippen molar-refractivity contribution in [3.8, 4) is 11.4 Å². The number of hydrogen-bond acceptors (Lipinski definition) is 8. The minimum absolute atomic E-state index is 0.00472. The van der Waals surface area contributed by atoms with Crippen LogP contribution in [-0.4, -0.2) is 92.0 Å². The average Bonchev–Trinajstić information content (AvgIpc) is 3.43. The Balaban J connectivity index is 1.63. The third kappa shape index (κ3) is 9.36. The number of aromatic nitrogens is 4. The molecule has 1 aromatic carbocycles. The van der Waals surface area contributed by atoms with Gasteiger partial charge in [0.05, 0.1) is 19.1 Å². The molecule has 2 atom stereocenters.